The number of hydrogen-bond donors (Lipinski definition) is 0. The topological polar surface area (TPSA) is 43.7 Å². The van der Waals surface area contributed by atoms with Gasteiger partial charge in [0.15, 0.2) is 0 Å². The molecule has 0 unspecified atom stereocenters. The van der Waals surface area contributed by atoms with Gasteiger partial charge in [-0.2, -0.15) is 0 Å². The van der Waals surface area contributed by atoms with E-state index >= 15 is 0 Å². The summed E-state index contributed by atoms with van der Waals surface area (Å²) in [6.45, 7) is 7.74. The smallest absolute Gasteiger partial charge is 0.338 e. The molecule has 2 heterocycles. The lowest BCUT2D eigenvalue weighted by Crippen LogP contribution is -2.38. The molecule has 0 radical (unpaired) electrons. The van der Waals surface area contributed by atoms with Crippen molar-refractivity contribution in [3.63, 3.8) is 0 Å². The number of halogens is 1. The van der Waals surface area contributed by atoms with E-state index in [1.54, 1.807) is 0 Å². The molecule has 0 atom stereocenters. The highest BCUT2D eigenvalue weighted by Crippen LogP contribution is 2.27. The van der Waals surface area contributed by atoms with Crippen molar-refractivity contribution in [3.8, 4) is 0 Å². The number of benzene rings is 1. The molecule has 1 aliphatic heterocycles. The Morgan fingerprint density at radius 2 is 2.09 bits per heavy atom. The number of hydrogen-bond acceptors (Lipinski definition) is 4. The van der Waals surface area contributed by atoms with E-state index in [4.69, 9.17) is 9.47 Å². The fourth-order valence-electron chi connectivity index (χ4n) is 2.89. The van der Waals surface area contributed by atoms with Crippen molar-refractivity contribution in [1.29, 1.82) is 0 Å². The summed E-state index contributed by atoms with van der Waals surface area (Å²) in [5.74, 6) is -0.281. The maximum atomic E-state index is 11.9. The highest BCUT2D eigenvalue weighted by Gasteiger charge is 2.14. The van der Waals surface area contributed by atoms with Crippen LogP contribution in [0.1, 0.15) is 17.3 Å². The number of ether oxygens (including phenoxy) is 2. The first-order valence-electron chi connectivity index (χ1n) is 7.94. The van der Waals surface area contributed by atoms with Crippen molar-refractivity contribution in [2.45, 2.75) is 13.5 Å². The van der Waals surface area contributed by atoms with Gasteiger partial charge in [-0.15, -0.1) is 0 Å². The molecule has 1 aliphatic rings. The molecule has 124 valence electrons. The summed E-state index contributed by atoms with van der Waals surface area (Å²) in [5, 5.41) is 1.05. The zero-order chi connectivity index (χ0) is 16.2. The number of rotatable bonds is 5. The third-order valence-corrected chi connectivity index (χ3v) is 4.69. The second kappa shape index (κ2) is 7.47. The number of esters is 1. The molecule has 1 aromatic heterocycles. The molecular formula is C17H21BrN2O3. The molecule has 0 saturated carbocycles. The first-order chi connectivity index (χ1) is 11.2. The predicted octanol–water partition coefficient (Wildman–Crippen LogP) is 2.91. The highest BCUT2D eigenvalue weighted by molar-refractivity contribution is 9.10. The van der Waals surface area contributed by atoms with Crippen LogP contribution >= 0.6 is 15.9 Å². The maximum absolute atomic E-state index is 11.9. The van der Waals surface area contributed by atoms with Gasteiger partial charge in [0.05, 0.1) is 30.9 Å². The summed E-state index contributed by atoms with van der Waals surface area (Å²) in [6, 6.07) is 5.77. The third kappa shape index (κ3) is 3.76. The molecule has 5 nitrogen and oxygen atoms in total. The van der Waals surface area contributed by atoms with Crippen LogP contribution in [0.3, 0.4) is 0 Å². The highest BCUT2D eigenvalue weighted by atomic mass is 79.9. The van der Waals surface area contributed by atoms with Crippen LogP contribution in [-0.4, -0.2) is 54.9 Å². The average Bonchev–Trinajstić information content (AvgIpc) is 2.98. The van der Waals surface area contributed by atoms with Crippen LogP contribution in [0.4, 0.5) is 0 Å². The van der Waals surface area contributed by atoms with Crippen molar-refractivity contribution < 1.29 is 14.3 Å². The minimum Gasteiger partial charge on any atom is -0.462 e. The Bertz CT molecular complexity index is 692. The molecule has 1 fully saturated rings. The first kappa shape index (κ1) is 16.5. The van der Waals surface area contributed by atoms with Gasteiger partial charge in [-0.05, 0) is 41.1 Å². The van der Waals surface area contributed by atoms with Crippen LogP contribution < -0.4 is 0 Å². The standard InChI is InChI=1S/C17H21BrN2O3/c1-2-23-17(21)14-11-13-3-4-20(16(13)15(18)12-14)6-5-19-7-9-22-10-8-19/h3-4,11-12H,2,5-10H2,1H3. The number of carbonyl (C=O) groups excluding carboxylic acids is 1. The van der Waals surface area contributed by atoms with Gasteiger partial charge in [-0.25, -0.2) is 4.79 Å². The van der Waals surface area contributed by atoms with E-state index in [1.165, 1.54) is 0 Å². The molecule has 0 bridgehead atoms. The van der Waals surface area contributed by atoms with Gasteiger partial charge in [0, 0.05) is 42.2 Å². The Labute approximate surface area is 144 Å². The quantitative estimate of drug-likeness (QED) is 0.748. The van der Waals surface area contributed by atoms with E-state index in [0.717, 1.165) is 54.8 Å². The van der Waals surface area contributed by atoms with E-state index in [1.807, 2.05) is 25.1 Å². The lowest BCUT2D eigenvalue weighted by Gasteiger charge is -2.26. The van der Waals surface area contributed by atoms with Crippen LogP contribution in [0.15, 0.2) is 28.9 Å². The number of nitrogens with zero attached hydrogens (tertiary/aromatic N) is 2. The van der Waals surface area contributed by atoms with Crippen molar-refractivity contribution in [2.75, 3.05) is 39.5 Å². The fraction of sp³-hybridized carbons (Fsp3) is 0.471. The lowest BCUT2D eigenvalue weighted by molar-refractivity contribution is 0.0365. The van der Waals surface area contributed by atoms with Gasteiger partial charge in [-0.1, -0.05) is 0 Å². The minimum absolute atomic E-state index is 0.281. The van der Waals surface area contributed by atoms with Crippen LogP contribution in [0.5, 0.6) is 0 Å². The van der Waals surface area contributed by atoms with Crippen molar-refractivity contribution in [1.82, 2.24) is 9.47 Å². The molecule has 1 saturated heterocycles. The summed E-state index contributed by atoms with van der Waals surface area (Å²) >= 11 is 3.60. The Morgan fingerprint density at radius 3 is 2.83 bits per heavy atom. The summed E-state index contributed by atoms with van der Waals surface area (Å²) in [4.78, 5) is 14.3. The van der Waals surface area contributed by atoms with Gasteiger partial charge >= 0.3 is 5.97 Å². The van der Waals surface area contributed by atoms with Crippen molar-refractivity contribution in [2.24, 2.45) is 0 Å². The molecule has 1 aromatic carbocycles. The molecular weight excluding hydrogens is 360 g/mol. The van der Waals surface area contributed by atoms with Crippen LogP contribution in [0.2, 0.25) is 0 Å². The number of morpholine rings is 1. The molecule has 23 heavy (non-hydrogen) atoms. The number of aromatic nitrogens is 1. The Balaban J connectivity index is 1.78. The minimum atomic E-state index is -0.281. The monoisotopic (exact) mass is 380 g/mol. The molecule has 2 aromatic rings. The molecule has 0 spiro atoms. The van der Waals surface area contributed by atoms with Gasteiger partial charge in [-0.3, -0.25) is 4.90 Å². The Hall–Kier alpha value is -1.37. The van der Waals surface area contributed by atoms with Crippen LogP contribution in [0.25, 0.3) is 10.9 Å². The number of fused-ring (bicyclic) bond motifs is 1. The Kier molecular flexibility index (Phi) is 5.35. The van der Waals surface area contributed by atoms with E-state index in [2.05, 4.69) is 31.6 Å². The zero-order valence-electron chi connectivity index (χ0n) is 13.3. The van der Waals surface area contributed by atoms with E-state index in [-0.39, 0.29) is 5.97 Å². The van der Waals surface area contributed by atoms with Crippen LogP contribution in [0, 0.1) is 0 Å². The molecule has 3 rings (SSSR count). The SMILES string of the molecule is CCOC(=O)c1cc(Br)c2c(ccn2CCN2CCOCC2)c1. The van der Waals surface area contributed by atoms with Crippen molar-refractivity contribution in [3.05, 3.63) is 34.4 Å². The molecule has 0 aliphatic carbocycles. The second-order valence-corrected chi connectivity index (χ2v) is 6.43. The molecule has 0 N–H and O–H groups in total. The van der Waals surface area contributed by atoms with Gasteiger partial charge in [0.2, 0.25) is 0 Å². The average molecular weight is 381 g/mol. The maximum Gasteiger partial charge on any atom is 0.338 e. The normalized spacial score (nSPS) is 15.9. The summed E-state index contributed by atoms with van der Waals surface area (Å²) in [5.41, 5.74) is 1.70. The van der Waals surface area contributed by atoms with Crippen LogP contribution in [-0.2, 0) is 16.0 Å². The van der Waals surface area contributed by atoms with E-state index < -0.39 is 0 Å². The molecule has 6 heteroatoms. The lowest BCUT2D eigenvalue weighted by atomic mass is 10.1. The summed E-state index contributed by atoms with van der Waals surface area (Å²) in [6.07, 6.45) is 2.07. The second-order valence-electron chi connectivity index (χ2n) is 5.58. The predicted molar refractivity (Wildman–Crippen MR) is 92.9 cm³/mol. The van der Waals surface area contributed by atoms with E-state index in [0.29, 0.717) is 12.2 Å². The molecule has 0 amide bonds. The van der Waals surface area contributed by atoms with Gasteiger partial charge < -0.3 is 14.0 Å². The Morgan fingerprint density at radius 1 is 1.30 bits per heavy atom. The van der Waals surface area contributed by atoms with E-state index in [9.17, 15) is 4.79 Å². The van der Waals surface area contributed by atoms with Gasteiger partial charge in [0.1, 0.15) is 0 Å². The third-order valence-electron chi connectivity index (χ3n) is 4.09. The summed E-state index contributed by atoms with van der Waals surface area (Å²) in [7, 11) is 0. The van der Waals surface area contributed by atoms with Crippen molar-refractivity contribution >= 4 is 32.8 Å². The zero-order valence-corrected chi connectivity index (χ0v) is 14.8. The largest absolute Gasteiger partial charge is 0.462 e. The fourth-order valence-corrected chi connectivity index (χ4v) is 3.59. The summed E-state index contributed by atoms with van der Waals surface area (Å²) < 4.78 is 13.6. The first-order valence-corrected chi connectivity index (χ1v) is 8.74. The number of carbonyl (C=O) groups is 1. The van der Waals surface area contributed by atoms with Gasteiger partial charge in [0.25, 0.3) is 0 Å².